The Morgan fingerprint density at radius 1 is 1.18 bits per heavy atom. The molecule has 1 saturated heterocycles. The van der Waals surface area contributed by atoms with Crippen LogP contribution in [0, 0.1) is 6.92 Å². The molecule has 10 nitrogen and oxygen atoms in total. The molecule has 5 rings (SSSR count). The van der Waals surface area contributed by atoms with Gasteiger partial charge in [-0.1, -0.05) is 17.4 Å². The highest BCUT2D eigenvalue weighted by atomic mass is 32.1. The van der Waals surface area contributed by atoms with Gasteiger partial charge in [0.05, 0.1) is 30.5 Å². The maximum absolute atomic E-state index is 13.5. The van der Waals surface area contributed by atoms with Crippen LogP contribution in [0.25, 0.3) is 5.76 Å². The topological polar surface area (TPSA) is 135 Å². The molecule has 2 atom stereocenters. The van der Waals surface area contributed by atoms with E-state index in [9.17, 15) is 24.6 Å². The number of aromatic nitrogens is 1. The molecule has 208 valence electrons. The van der Waals surface area contributed by atoms with Crippen LogP contribution in [0.15, 0.2) is 42.0 Å². The predicted molar refractivity (Wildman–Crippen MR) is 147 cm³/mol. The van der Waals surface area contributed by atoms with Crippen molar-refractivity contribution in [3.63, 3.8) is 0 Å². The van der Waals surface area contributed by atoms with Gasteiger partial charge in [-0.2, -0.15) is 0 Å². The number of Topliss-reactive ketones (excluding diaryl/α,β-unsaturated/α-hetero) is 1. The second-order valence-corrected chi connectivity index (χ2v) is 10.4. The van der Waals surface area contributed by atoms with Crippen molar-refractivity contribution in [2.75, 3.05) is 18.1 Å². The number of benzene rings is 2. The minimum absolute atomic E-state index is 0.0197. The van der Waals surface area contributed by atoms with E-state index in [1.54, 1.807) is 45.0 Å². The number of aliphatic hydroxyl groups excluding tert-OH is 1. The third kappa shape index (κ3) is 4.66. The number of esters is 1. The van der Waals surface area contributed by atoms with Crippen LogP contribution in [0.3, 0.4) is 0 Å². The van der Waals surface area contributed by atoms with Crippen molar-refractivity contribution in [2.45, 2.75) is 46.3 Å². The number of anilines is 1. The summed E-state index contributed by atoms with van der Waals surface area (Å²) >= 11 is 0.919. The van der Waals surface area contributed by atoms with Crippen molar-refractivity contribution in [1.29, 1.82) is 0 Å². The van der Waals surface area contributed by atoms with Crippen molar-refractivity contribution < 1.29 is 38.8 Å². The lowest BCUT2D eigenvalue weighted by Crippen LogP contribution is -2.29. The Hall–Kier alpha value is -4.38. The fourth-order valence-electron chi connectivity index (χ4n) is 4.91. The van der Waals surface area contributed by atoms with E-state index in [0.29, 0.717) is 29.0 Å². The second kappa shape index (κ2) is 10.6. The fourth-order valence-corrected chi connectivity index (χ4v) is 5.90. The number of aromatic hydroxyl groups is 1. The first kappa shape index (κ1) is 27.2. The average molecular weight is 565 g/mol. The summed E-state index contributed by atoms with van der Waals surface area (Å²) < 4.78 is 16.4. The van der Waals surface area contributed by atoms with Crippen LogP contribution in [0.1, 0.15) is 58.9 Å². The van der Waals surface area contributed by atoms with Gasteiger partial charge in [0.15, 0.2) is 16.6 Å². The number of hydrogen-bond acceptors (Lipinski definition) is 10. The summed E-state index contributed by atoms with van der Waals surface area (Å²) in [4.78, 5) is 45.4. The first-order chi connectivity index (χ1) is 19.1. The van der Waals surface area contributed by atoms with E-state index in [-0.39, 0.29) is 52.2 Å². The lowest BCUT2D eigenvalue weighted by molar-refractivity contribution is -0.132. The number of hydrogen-bond donors (Lipinski definition) is 2. The zero-order chi connectivity index (χ0) is 28.7. The molecule has 2 aromatic carbocycles. The number of fused-ring (bicyclic) bond motifs is 1. The first-order valence-corrected chi connectivity index (χ1v) is 13.7. The summed E-state index contributed by atoms with van der Waals surface area (Å²) in [6.45, 7) is 7.41. The van der Waals surface area contributed by atoms with E-state index < -0.39 is 23.7 Å². The summed E-state index contributed by atoms with van der Waals surface area (Å²) in [5, 5.41) is 21.9. The molecule has 2 aliphatic heterocycles. The number of carbonyl (C=O) groups is 3. The third-order valence-electron chi connectivity index (χ3n) is 6.67. The normalized spacial score (nSPS) is 19.4. The van der Waals surface area contributed by atoms with Gasteiger partial charge in [0.2, 0.25) is 0 Å². The number of rotatable bonds is 7. The van der Waals surface area contributed by atoms with Crippen molar-refractivity contribution in [3.05, 3.63) is 69.2 Å². The number of ketones is 1. The molecule has 40 heavy (non-hydrogen) atoms. The molecule has 0 spiro atoms. The van der Waals surface area contributed by atoms with Crippen LogP contribution in [0.2, 0.25) is 0 Å². The minimum Gasteiger partial charge on any atom is -0.507 e. The van der Waals surface area contributed by atoms with Crippen molar-refractivity contribution in [2.24, 2.45) is 0 Å². The fraction of sp³-hybridized carbons (Fsp3) is 0.310. The van der Waals surface area contributed by atoms with Gasteiger partial charge in [0, 0.05) is 12.0 Å². The van der Waals surface area contributed by atoms with Crippen LogP contribution in [-0.4, -0.2) is 52.2 Å². The van der Waals surface area contributed by atoms with E-state index in [2.05, 4.69) is 4.98 Å². The Morgan fingerprint density at radius 3 is 2.67 bits per heavy atom. The smallest absolute Gasteiger partial charge is 0.350 e. The van der Waals surface area contributed by atoms with Crippen LogP contribution in [-0.2, 0) is 20.7 Å². The highest BCUT2D eigenvalue weighted by molar-refractivity contribution is 7.17. The van der Waals surface area contributed by atoms with Crippen LogP contribution >= 0.6 is 11.3 Å². The molecule has 0 bridgehead atoms. The summed E-state index contributed by atoms with van der Waals surface area (Å²) in [6, 6.07) is 8.43. The number of aryl methyl sites for hydroxylation is 1. The van der Waals surface area contributed by atoms with E-state index in [1.807, 2.05) is 6.92 Å². The van der Waals surface area contributed by atoms with E-state index >= 15 is 0 Å². The summed E-state index contributed by atoms with van der Waals surface area (Å²) in [5.41, 5.74) is 1.81. The molecule has 1 aromatic heterocycles. The molecule has 0 aliphatic carbocycles. The Bertz CT molecular complexity index is 1560. The van der Waals surface area contributed by atoms with E-state index in [0.717, 1.165) is 21.8 Å². The number of phenolic OH excluding ortho intramolecular Hbond substituents is 1. The van der Waals surface area contributed by atoms with Crippen molar-refractivity contribution in [3.8, 4) is 17.2 Å². The molecule has 1 fully saturated rings. The van der Waals surface area contributed by atoms with Crippen LogP contribution in [0.5, 0.6) is 17.2 Å². The molecule has 2 N–H and O–H groups in total. The minimum atomic E-state index is -1.12. The van der Waals surface area contributed by atoms with Gasteiger partial charge in [-0.15, -0.1) is 0 Å². The number of ether oxygens (including phenoxy) is 3. The van der Waals surface area contributed by atoms with Gasteiger partial charge < -0.3 is 24.4 Å². The number of aliphatic hydroxyl groups is 1. The standard InChI is InChI=1S/C29H28N2O8S/c1-5-37-21-13-16(7-9-19(21)32)23-22(24(33)17-8-10-20-18(12-17)11-14(3)39-20)25(34)27(35)31(23)29-30-15(4)26(40-29)28(36)38-6-2/h7-10,12-14,23,32-33H,5-6,11H2,1-4H3/b24-22+. The molecule has 0 saturated carbocycles. The van der Waals surface area contributed by atoms with E-state index in [1.165, 1.54) is 12.1 Å². The number of thiazole rings is 1. The van der Waals surface area contributed by atoms with Gasteiger partial charge in [-0.3, -0.25) is 14.5 Å². The van der Waals surface area contributed by atoms with E-state index in [4.69, 9.17) is 14.2 Å². The molecule has 2 unspecified atom stereocenters. The summed E-state index contributed by atoms with van der Waals surface area (Å²) in [7, 11) is 0. The molecular formula is C29H28N2O8S. The zero-order valence-corrected chi connectivity index (χ0v) is 23.2. The number of phenols is 1. The number of carbonyl (C=O) groups excluding carboxylic acids is 3. The SMILES string of the molecule is CCOC(=O)c1sc(N2C(=O)C(=O)/C(=C(/O)c3ccc4c(c3)CC(C)O4)C2c2ccc(O)c(OCC)c2)nc1C. The number of nitrogens with zero attached hydrogens (tertiary/aromatic N) is 2. The Morgan fingerprint density at radius 2 is 1.95 bits per heavy atom. The molecule has 3 heterocycles. The third-order valence-corrected chi connectivity index (χ3v) is 7.80. The predicted octanol–water partition coefficient (Wildman–Crippen LogP) is 4.68. The highest BCUT2D eigenvalue weighted by Gasteiger charge is 2.48. The Kier molecular flexibility index (Phi) is 7.24. The monoisotopic (exact) mass is 564 g/mol. The largest absolute Gasteiger partial charge is 0.507 e. The lowest BCUT2D eigenvalue weighted by atomic mass is 9.94. The maximum atomic E-state index is 13.5. The second-order valence-electron chi connectivity index (χ2n) is 9.42. The zero-order valence-electron chi connectivity index (χ0n) is 22.4. The van der Waals surface area contributed by atoms with Gasteiger partial charge in [0.1, 0.15) is 22.5 Å². The first-order valence-electron chi connectivity index (χ1n) is 12.9. The summed E-state index contributed by atoms with van der Waals surface area (Å²) in [6.07, 6.45) is 0.618. The highest BCUT2D eigenvalue weighted by Crippen LogP contribution is 2.46. The molecular weight excluding hydrogens is 536 g/mol. The van der Waals surface area contributed by atoms with Crippen molar-refractivity contribution >= 4 is 39.9 Å². The molecule has 1 amide bonds. The van der Waals surface area contributed by atoms with Crippen LogP contribution in [0.4, 0.5) is 5.13 Å². The molecule has 11 heteroatoms. The molecule has 3 aromatic rings. The Balaban J connectivity index is 1.69. The Labute approximate surface area is 234 Å². The average Bonchev–Trinajstić information content (AvgIpc) is 3.57. The number of amides is 1. The van der Waals surface area contributed by atoms with Crippen LogP contribution < -0.4 is 14.4 Å². The van der Waals surface area contributed by atoms with Gasteiger partial charge >= 0.3 is 11.9 Å². The van der Waals surface area contributed by atoms with Gasteiger partial charge in [-0.25, -0.2) is 9.78 Å². The molecule has 2 aliphatic rings. The lowest BCUT2D eigenvalue weighted by Gasteiger charge is -2.23. The van der Waals surface area contributed by atoms with Gasteiger partial charge in [-0.05, 0) is 69.2 Å². The quantitative estimate of drug-likeness (QED) is 0.181. The van der Waals surface area contributed by atoms with Gasteiger partial charge in [0.25, 0.3) is 5.78 Å². The maximum Gasteiger partial charge on any atom is 0.350 e. The molecule has 0 radical (unpaired) electrons. The van der Waals surface area contributed by atoms with Crippen molar-refractivity contribution in [1.82, 2.24) is 4.98 Å². The summed E-state index contributed by atoms with van der Waals surface area (Å²) in [5.74, 6) is -2.05.